The van der Waals surface area contributed by atoms with Crippen LogP contribution in [0.3, 0.4) is 0 Å². The van der Waals surface area contributed by atoms with Crippen molar-refractivity contribution in [1.29, 1.82) is 0 Å². The molecule has 1 saturated heterocycles. The Balaban J connectivity index is 1.64. The first-order valence-electron chi connectivity index (χ1n) is 8.35. The third kappa shape index (κ3) is 3.44. The van der Waals surface area contributed by atoms with E-state index in [-0.39, 0.29) is 0 Å². The first-order valence-corrected chi connectivity index (χ1v) is 9.16. The Morgan fingerprint density at radius 2 is 2.05 bits per heavy atom. The van der Waals surface area contributed by atoms with Gasteiger partial charge in [-0.25, -0.2) is 0 Å². The minimum absolute atomic E-state index is 0.738. The number of hydrogen-bond acceptors (Lipinski definition) is 3. The largest absolute Gasteiger partial charge is 0.311 e. The molecule has 3 heteroatoms. The van der Waals surface area contributed by atoms with Gasteiger partial charge in [-0.2, -0.15) is 0 Å². The molecule has 2 nitrogen and oxygen atoms in total. The molecule has 0 aromatic carbocycles. The molecule has 2 fully saturated rings. The molecule has 20 heavy (non-hydrogen) atoms. The maximum Gasteiger partial charge on any atom is 0.0332 e. The summed E-state index contributed by atoms with van der Waals surface area (Å²) in [6.07, 6.45) is 6.69. The highest BCUT2D eigenvalue weighted by Crippen LogP contribution is 2.35. The van der Waals surface area contributed by atoms with Crippen LogP contribution in [-0.4, -0.2) is 30.1 Å². The molecule has 1 saturated carbocycles. The normalized spacial score (nSPS) is 27.9. The molecule has 1 aliphatic heterocycles. The van der Waals surface area contributed by atoms with Crippen LogP contribution in [0.4, 0.5) is 0 Å². The Hall–Kier alpha value is -0.380. The van der Waals surface area contributed by atoms with Gasteiger partial charge in [0, 0.05) is 41.5 Å². The van der Waals surface area contributed by atoms with Crippen LogP contribution in [0.25, 0.3) is 0 Å². The molecule has 112 valence electrons. The molecule has 1 aromatic heterocycles. The zero-order valence-electron chi connectivity index (χ0n) is 12.9. The molecule has 1 N–H and O–H groups in total. The van der Waals surface area contributed by atoms with Gasteiger partial charge in [0.25, 0.3) is 0 Å². The second-order valence-corrected chi connectivity index (χ2v) is 7.70. The lowest BCUT2D eigenvalue weighted by Crippen LogP contribution is -2.56. The minimum atomic E-state index is 0.738. The fourth-order valence-corrected chi connectivity index (χ4v) is 4.39. The molecule has 1 aliphatic carbocycles. The van der Waals surface area contributed by atoms with E-state index in [9.17, 15) is 0 Å². The number of nitrogens with one attached hydrogen (secondary N) is 1. The number of piperazine rings is 1. The molecule has 0 spiro atoms. The van der Waals surface area contributed by atoms with Crippen molar-refractivity contribution < 1.29 is 0 Å². The average molecular weight is 292 g/mol. The van der Waals surface area contributed by atoms with Gasteiger partial charge in [0.2, 0.25) is 0 Å². The van der Waals surface area contributed by atoms with Crippen molar-refractivity contribution in [3.63, 3.8) is 0 Å². The van der Waals surface area contributed by atoms with Crippen molar-refractivity contribution in [2.24, 2.45) is 5.92 Å². The minimum Gasteiger partial charge on any atom is -0.311 e. The van der Waals surface area contributed by atoms with Crippen LogP contribution in [0.2, 0.25) is 0 Å². The fraction of sp³-hybridized carbons (Fsp3) is 0.765. The van der Waals surface area contributed by atoms with Crippen molar-refractivity contribution in [2.45, 2.75) is 64.6 Å². The molecule has 2 atom stereocenters. The van der Waals surface area contributed by atoms with Crippen molar-refractivity contribution in [2.75, 3.05) is 13.1 Å². The van der Waals surface area contributed by atoms with Crippen LogP contribution in [0.5, 0.6) is 0 Å². The summed E-state index contributed by atoms with van der Waals surface area (Å²) < 4.78 is 0. The molecular formula is C17H28N2S. The molecule has 2 aliphatic rings. The fourth-order valence-electron chi connectivity index (χ4n) is 3.41. The summed E-state index contributed by atoms with van der Waals surface area (Å²) in [5.41, 5.74) is 0. The Morgan fingerprint density at radius 3 is 2.70 bits per heavy atom. The van der Waals surface area contributed by atoms with Gasteiger partial charge in [-0.15, -0.1) is 11.3 Å². The molecular weight excluding hydrogens is 264 g/mol. The predicted molar refractivity (Wildman–Crippen MR) is 87.3 cm³/mol. The second-order valence-electron chi connectivity index (χ2n) is 6.45. The highest BCUT2D eigenvalue weighted by Gasteiger charge is 2.36. The Morgan fingerprint density at radius 1 is 1.25 bits per heavy atom. The topological polar surface area (TPSA) is 15.3 Å². The summed E-state index contributed by atoms with van der Waals surface area (Å²) in [6.45, 7) is 8.19. The Bertz CT molecular complexity index is 424. The number of aryl methyl sites for hydroxylation is 1. The van der Waals surface area contributed by atoms with Crippen LogP contribution in [0.1, 0.15) is 49.3 Å². The molecule has 1 aromatic rings. The van der Waals surface area contributed by atoms with Gasteiger partial charge in [-0.05, 0) is 43.7 Å². The third-order valence-electron chi connectivity index (χ3n) is 4.80. The second kappa shape index (κ2) is 6.59. The highest BCUT2D eigenvalue weighted by molar-refractivity contribution is 7.11. The lowest BCUT2D eigenvalue weighted by atomic mass is 10.0. The zero-order chi connectivity index (χ0) is 13.9. The van der Waals surface area contributed by atoms with Crippen molar-refractivity contribution in [3.05, 3.63) is 21.9 Å². The van der Waals surface area contributed by atoms with E-state index in [1.54, 1.807) is 4.88 Å². The van der Waals surface area contributed by atoms with Crippen LogP contribution in [0, 0.1) is 5.92 Å². The summed E-state index contributed by atoms with van der Waals surface area (Å²) in [7, 11) is 0. The SMILES string of the molecule is CCCC1CNC(C2CC2)CN1Cc1ccc(CC)s1. The van der Waals surface area contributed by atoms with E-state index >= 15 is 0 Å². The van der Waals surface area contributed by atoms with Gasteiger partial charge in [-0.1, -0.05) is 20.3 Å². The van der Waals surface area contributed by atoms with E-state index in [4.69, 9.17) is 0 Å². The van der Waals surface area contributed by atoms with Gasteiger partial charge in [0.15, 0.2) is 0 Å². The predicted octanol–water partition coefficient (Wildman–Crippen LogP) is 3.66. The van der Waals surface area contributed by atoms with Gasteiger partial charge in [-0.3, -0.25) is 4.90 Å². The first-order chi connectivity index (χ1) is 9.80. The number of thiophene rings is 1. The monoisotopic (exact) mass is 292 g/mol. The van der Waals surface area contributed by atoms with Crippen LogP contribution in [-0.2, 0) is 13.0 Å². The van der Waals surface area contributed by atoms with Crippen molar-refractivity contribution in [3.8, 4) is 0 Å². The van der Waals surface area contributed by atoms with Gasteiger partial charge in [0.05, 0.1) is 0 Å². The van der Waals surface area contributed by atoms with Crippen LogP contribution in [0.15, 0.2) is 12.1 Å². The summed E-state index contributed by atoms with van der Waals surface area (Å²) in [5.74, 6) is 0.967. The van der Waals surface area contributed by atoms with E-state index in [0.29, 0.717) is 0 Å². The summed E-state index contributed by atoms with van der Waals surface area (Å²) in [4.78, 5) is 5.84. The number of nitrogens with zero attached hydrogens (tertiary/aromatic N) is 1. The van der Waals surface area contributed by atoms with Crippen LogP contribution < -0.4 is 5.32 Å². The van der Waals surface area contributed by atoms with Crippen molar-refractivity contribution in [1.82, 2.24) is 10.2 Å². The molecule has 0 radical (unpaired) electrons. The maximum atomic E-state index is 3.81. The smallest absolute Gasteiger partial charge is 0.0332 e. The van der Waals surface area contributed by atoms with E-state index in [1.165, 1.54) is 56.6 Å². The van der Waals surface area contributed by atoms with Gasteiger partial charge < -0.3 is 5.32 Å². The number of rotatable bonds is 6. The first kappa shape index (κ1) is 14.6. The van der Waals surface area contributed by atoms with E-state index in [0.717, 1.165) is 18.0 Å². The van der Waals surface area contributed by atoms with E-state index in [1.807, 2.05) is 11.3 Å². The molecule has 0 bridgehead atoms. The summed E-state index contributed by atoms with van der Waals surface area (Å²) in [5, 5.41) is 3.81. The summed E-state index contributed by atoms with van der Waals surface area (Å²) >= 11 is 2.01. The van der Waals surface area contributed by atoms with Gasteiger partial charge >= 0.3 is 0 Å². The highest BCUT2D eigenvalue weighted by atomic mass is 32.1. The molecule has 0 amide bonds. The average Bonchev–Trinajstić information content (AvgIpc) is 3.21. The summed E-state index contributed by atoms with van der Waals surface area (Å²) in [6, 6.07) is 6.16. The van der Waals surface area contributed by atoms with E-state index in [2.05, 4.69) is 36.2 Å². The van der Waals surface area contributed by atoms with Crippen molar-refractivity contribution >= 4 is 11.3 Å². The quantitative estimate of drug-likeness (QED) is 0.861. The molecule has 3 rings (SSSR count). The van der Waals surface area contributed by atoms with E-state index < -0.39 is 0 Å². The maximum absolute atomic E-state index is 3.81. The third-order valence-corrected chi connectivity index (χ3v) is 6.02. The van der Waals surface area contributed by atoms with Gasteiger partial charge in [0.1, 0.15) is 0 Å². The lowest BCUT2D eigenvalue weighted by Gasteiger charge is -2.40. The number of hydrogen-bond donors (Lipinski definition) is 1. The molecule has 2 heterocycles. The van der Waals surface area contributed by atoms with Crippen LogP contribution >= 0.6 is 11.3 Å². The lowest BCUT2D eigenvalue weighted by molar-refractivity contribution is 0.109. The Labute approximate surface area is 127 Å². The zero-order valence-corrected chi connectivity index (χ0v) is 13.7. The molecule has 2 unspecified atom stereocenters. The standard InChI is InChI=1S/C17H28N2S/c1-3-5-14-10-18-17(13-6-7-13)12-19(14)11-16-9-8-15(4-2)20-16/h8-9,13-14,17-18H,3-7,10-12H2,1-2H3. The Kier molecular flexibility index (Phi) is 4.79.